The molecule has 1 aliphatic heterocycles. The lowest BCUT2D eigenvalue weighted by atomic mass is 9.82. The summed E-state index contributed by atoms with van der Waals surface area (Å²) in [6.45, 7) is 4.31. The normalized spacial score (nSPS) is 27.4. The van der Waals surface area contributed by atoms with Crippen LogP contribution in [0, 0.1) is 13.8 Å². The molecule has 1 N–H and O–H groups in total. The van der Waals surface area contributed by atoms with Crippen LogP contribution in [0.15, 0.2) is 41.2 Å². The number of hydrogen-bond acceptors (Lipinski definition) is 4. The van der Waals surface area contributed by atoms with Crippen LogP contribution in [-0.2, 0) is 21.2 Å². The highest BCUT2D eigenvalue weighted by atomic mass is 32.2. The standard InChI is InChI=1S/C27H36N2O4S/c1-18-4-3-5-21(16-18)20-7-11-23(12-8-20)33-17-26-25(28-34(31,32)24-13-14-24)15-10-22-9-6-19(2)27(30)29(22)26/h3-6,9,16,20,23-26,28H,7-8,10-15,17H2,1-2H3/t20?,23?,25-,26-/m0/s1. The van der Waals surface area contributed by atoms with Gasteiger partial charge in [-0.25, -0.2) is 13.1 Å². The molecule has 1 aromatic carbocycles. The van der Waals surface area contributed by atoms with Gasteiger partial charge in [-0.1, -0.05) is 35.9 Å². The zero-order chi connectivity index (χ0) is 23.9. The fourth-order valence-corrected chi connectivity index (χ4v) is 7.32. The van der Waals surface area contributed by atoms with Crippen molar-refractivity contribution >= 4 is 10.0 Å². The number of aromatic nitrogens is 1. The van der Waals surface area contributed by atoms with Crippen LogP contribution in [0.25, 0.3) is 0 Å². The Hall–Kier alpha value is -1.96. The molecule has 7 heteroatoms. The average molecular weight is 485 g/mol. The molecule has 0 amide bonds. The number of hydrogen-bond donors (Lipinski definition) is 1. The number of nitrogens with one attached hydrogen (secondary N) is 1. The molecule has 0 spiro atoms. The maximum absolute atomic E-state index is 13.1. The SMILES string of the molecule is Cc1cccc(C2CCC(OC[C@H]3[C@@H](NS(=O)(=O)C4CC4)CCc4ccc(C)c(=O)n43)CC2)c1. The van der Waals surface area contributed by atoms with Crippen LogP contribution in [0.2, 0.25) is 0 Å². The first-order valence-corrected chi connectivity index (χ1v) is 14.3. The first kappa shape index (κ1) is 23.8. The Balaban J connectivity index is 1.29. The molecular weight excluding hydrogens is 448 g/mol. The van der Waals surface area contributed by atoms with Gasteiger partial charge in [-0.3, -0.25) is 4.79 Å². The number of rotatable bonds is 7. The van der Waals surface area contributed by atoms with E-state index in [4.69, 9.17) is 4.74 Å². The van der Waals surface area contributed by atoms with Crippen LogP contribution in [0.5, 0.6) is 0 Å². The van der Waals surface area contributed by atoms with Crippen molar-refractivity contribution in [3.63, 3.8) is 0 Å². The maximum Gasteiger partial charge on any atom is 0.254 e. The minimum atomic E-state index is -3.35. The quantitative estimate of drug-likeness (QED) is 0.641. The summed E-state index contributed by atoms with van der Waals surface area (Å²) in [5, 5.41) is -0.276. The largest absolute Gasteiger partial charge is 0.376 e. The molecule has 1 aromatic heterocycles. The molecule has 5 rings (SSSR count). The van der Waals surface area contributed by atoms with E-state index in [1.807, 2.05) is 19.1 Å². The number of nitrogens with zero attached hydrogens (tertiary/aromatic N) is 1. The fourth-order valence-electron chi connectivity index (χ4n) is 5.67. The first-order valence-electron chi connectivity index (χ1n) is 12.7. The Kier molecular flexibility index (Phi) is 6.70. The van der Waals surface area contributed by atoms with Gasteiger partial charge in [0.15, 0.2) is 0 Å². The van der Waals surface area contributed by atoms with Gasteiger partial charge in [0.1, 0.15) is 0 Å². The molecule has 0 bridgehead atoms. The Morgan fingerprint density at radius 1 is 1.00 bits per heavy atom. The van der Waals surface area contributed by atoms with Crippen LogP contribution in [-0.4, -0.2) is 37.0 Å². The molecule has 0 saturated heterocycles. The zero-order valence-electron chi connectivity index (χ0n) is 20.2. The number of fused-ring (bicyclic) bond motifs is 1. The second-order valence-corrected chi connectivity index (χ2v) is 12.5. The van der Waals surface area contributed by atoms with Crippen molar-refractivity contribution in [1.29, 1.82) is 0 Å². The molecule has 2 atom stereocenters. The summed E-state index contributed by atoms with van der Waals surface area (Å²) >= 11 is 0. The maximum atomic E-state index is 13.1. The van der Waals surface area contributed by atoms with Crippen LogP contribution in [0.3, 0.4) is 0 Å². The molecule has 2 saturated carbocycles. The van der Waals surface area contributed by atoms with Crippen molar-refractivity contribution in [2.24, 2.45) is 0 Å². The lowest BCUT2D eigenvalue weighted by Crippen LogP contribution is -2.50. The lowest BCUT2D eigenvalue weighted by Gasteiger charge is -2.37. The van der Waals surface area contributed by atoms with E-state index in [-0.39, 0.29) is 29.0 Å². The highest BCUT2D eigenvalue weighted by Gasteiger charge is 2.40. The van der Waals surface area contributed by atoms with E-state index in [1.165, 1.54) is 11.1 Å². The Morgan fingerprint density at radius 2 is 1.76 bits per heavy atom. The van der Waals surface area contributed by atoms with Gasteiger partial charge in [-0.2, -0.15) is 0 Å². The third-order valence-electron chi connectivity index (χ3n) is 7.87. The number of pyridine rings is 1. The molecule has 0 radical (unpaired) electrons. The van der Waals surface area contributed by atoms with Crippen LogP contribution >= 0.6 is 0 Å². The van der Waals surface area contributed by atoms with Crippen LogP contribution < -0.4 is 10.3 Å². The second kappa shape index (κ2) is 9.59. The smallest absolute Gasteiger partial charge is 0.254 e. The topological polar surface area (TPSA) is 77.4 Å². The van der Waals surface area contributed by atoms with Gasteiger partial charge >= 0.3 is 0 Å². The Morgan fingerprint density at radius 3 is 2.47 bits per heavy atom. The summed E-state index contributed by atoms with van der Waals surface area (Å²) in [4.78, 5) is 13.1. The van der Waals surface area contributed by atoms with Gasteiger partial charge in [0, 0.05) is 17.3 Å². The number of ether oxygens (including phenoxy) is 1. The molecule has 6 nitrogen and oxygen atoms in total. The van der Waals surface area contributed by atoms with E-state index in [1.54, 1.807) is 4.57 Å². The van der Waals surface area contributed by atoms with Crippen molar-refractivity contribution in [3.05, 3.63) is 69.1 Å². The molecule has 34 heavy (non-hydrogen) atoms. The summed E-state index contributed by atoms with van der Waals surface area (Å²) in [5.74, 6) is 0.568. The Bertz CT molecular complexity index is 1190. The molecule has 2 aliphatic carbocycles. The van der Waals surface area contributed by atoms with E-state index in [0.717, 1.165) is 44.2 Å². The Labute approximate surface area is 202 Å². The van der Waals surface area contributed by atoms with Crippen molar-refractivity contribution in [1.82, 2.24) is 9.29 Å². The van der Waals surface area contributed by atoms with Crippen LogP contribution in [0.1, 0.15) is 79.3 Å². The van der Waals surface area contributed by atoms with Crippen molar-refractivity contribution in [3.8, 4) is 0 Å². The predicted octanol–water partition coefficient (Wildman–Crippen LogP) is 4.15. The monoisotopic (exact) mass is 484 g/mol. The van der Waals surface area contributed by atoms with E-state index in [0.29, 0.717) is 30.9 Å². The summed E-state index contributed by atoms with van der Waals surface area (Å²) in [6, 6.07) is 12.0. The lowest BCUT2D eigenvalue weighted by molar-refractivity contribution is -0.00170. The zero-order valence-corrected chi connectivity index (χ0v) is 21.0. The van der Waals surface area contributed by atoms with Gasteiger partial charge in [0.05, 0.1) is 24.0 Å². The molecular formula is C27H36N2O4S. The number of aryl methyl sites for hydroxylation is 3. The van der Waals surface area contributed by atoms with Crippen LogP contribution in [0.4, 0.5) is 0 Å². The number of sulfonamides is 1. The van der Waals surface area contributed by atoms with Crippen molar-refractivity contribution in [2.75, 3.05) is 6.61 Å². The third-order valence-corrected chi connectivity index (χ3v) is 9.85. The minimum absolute atomic E-state index is 0.0374. The third kappa shape index (κ3) is 5.02. The van der Waals surface area contributed by atoms with Crippen molar-refractivity contribution < 1.29 is 13.2 Å². The predicted molar refractivity (Wildman–Crippen MR) is 134 cm³/mol. The highest BCUT2D eigenvalue weighted by molar-refractivity contribution is 7.90. The first-order chi connectivity index (χ1) is 16.3. The van der Waals surface area contributed by atoms with E-state index in [9.17, 15) is 13.2 Å². The van der Waals surface area contributed by atoms with Gasteiger partial charge in [0.2, 0.25) is 10.0 Å². The number of benzene rings is 1. The fraction of sp³-hybridized carbons (Fsp3) is 0.593. The molecule has 0 unspecified atom stereocenters. The summed E-state index contributed by atoms with van der Waals surface area (Å²) < 4.78 is 36.6. The van der Waals surface area contributed by atoms with E-state index >= 15 is 0 Å². The van der Waals surface area contributed by atoms with E-state index in [2.05, 4.69) is 35.9 Å². The molecule has 184 valence electrons. The molecule has 2 heterocycles. The van der Waals surface area contributed by atoms with Gasteiger partial charge < -0.3 is 9.30 Å². The molecule has 2 fully saturated rings. The minimum Gasteiger partial charge on any atom is -0.376 e. The highest BCUT2D eigenvalue weighted by Crippen LogP contribution is 2.36. The summed E-state index contributed by atoms with van der Waals surface area (Å²) in [7, 11) is -3.35. The van der Waals surface area contributed by atoms with Gasteiger partial charge in [-0.15, -0.1) is 0 Å². The van der Waals surface area contributed by atoms with Gasteiger partial charge in [0.25, 0.3) is 5.56 Å². The summed E-state index contributed by atoms with van der Waals surface area (Å²) in [5.41, 5.74) is 4.32. The van der Waals surface area contributed by atoms with Crippen molar-refractivity contribution in [2.45, 2.75) is 94.6 Å². The average Bonchev–Trinajstić information content (AvgIpc) is 3.67. The van der Waals surface area contributed by atoms with Gasteiger partial charge in [-0.05, 0) is 82.8 Å². The second-order valence-electron chi connectivity index (χ2n) is 10.5. The molecule has 2 aromatic rings. The van der Waals surface area contributed by atoms with E-state index < -0.39 is 10.0 Å². The summed E-state index contributed by atoms with van der Waals surface area (Å²) in [6.07, 6.45) is 7.12. The molecule has 3 aliphatic rings.